The molecule has 1 saturated carbocycles. The Bertz CT molecular complexity index is 433. The van der Waals surface area contributed by atoms with E-state index in [1.165, 1.54) is 49.7 Å². The van der Waals surface area contributed by atoms with Crippen LogP contribution >= 0.6 is 0 Å². The minimum atomic E-state index is 0.215. The molecular formula is C19H32N2. The van der Waals surface area contributed by atoms with Crippen LogP contribution in [0, 0.1) is 12.8 Å². The lowest BCUT2D eigenvalue weighted by Crippen LogP contribution is -2.53. The quantitative estimate of drug-likeness (QED) is 0.853. The first-order valence-corrected chi connectivity index (χ1v) is 8.57. The highest BCUT2D eigenvalue weighted by Crippen LogP contribution is 2.37. The molecule has 0 spiro atoms. The molecule has 118 valence electrons. The largest absolute Gasteiger partial charge is 0.329 e. The van der Waals surface area contributed by atoms with Gasteiger partial charge in [-0.3, -0.25) is 4.90 Å². The second-order valence-corrected chi connectivity index (χ2v) is 6.94. The fourth-order valence-electron chi connectivity index (χ4n) is 3.86. The Morgan fingerprint density at radius 1 is 1.24 bits per heavy atom. The summed E-state index contributed by atoms with van der Waals surface area (Å²) in [6.45, 7) is 6.31. The number of nitrogens with zero attached hydrogens (tertiary/aromatic N) is 1. The molecule has 0 amide bonds. The molecule has 0 radical (unpaired) electrons. The Hall–Kier alpha value is -0.860. The second kappa shape index (κ2) is 7.42. The van der Waals surface area contributed by atoms with Gasteiger partial charge < -0.3 is 5.73 Å². The van der Waals surface area contributed by atoms with Crippen molar-refractivity contribution in [2.45, 2.75) is 64.5 Å². The van der Waals surface area contributed by atoms with Crippen LogP contribution in [0.3, 0.4) is 0 Å². The van der Waals surface area contributed by atoms with E-state index >= 15 is 0 Å². The van der Waals surface area contributed by atoms with Gasteiger partial charge in [0.25, 0.3) is 0 Å². The first-order valence-electron chi connectivity index (χ1n) is 8.57. The van der Waals surface area contributed by atoms with Gasteiger partial charge in [-0.25, -0.2) is 0 Å². The summed E-state index contributed by atoms with van der Waals surface area (Å²) in [6, 6.07) is 8.71. The van der Waals surface area contributed by atoms with Crippen molar-refractivity contribution < 1.29 is 0 Å². The molecule has 2 nitrogen and oxygen atoms in total. The molecule has 1 fully saturated rings. The third kappa shape index (κ3) is 3.87. The summed E-state index contributed by atoms with van der Waals surface area (Å²) in [6.07, 6.45) is 7.93. The summed E-state index contributed by atoms with van der Waals surface area (Å²) in [5.74, 6) is 0.932. The van der Waals surface area contributed by atoms with E-state index in [1.54, 1.807) is 0 Å². The minimum Gasteiger partial charge on any atom is -0.329 e. The highest BCUT2D eigenvalue weighted by Gasteiger charge is 2.37. The molecule has 2 rings (SSSR count). The van der Waals surface area contributed by atoms with Gasteiger partial charge in [0.15, 0.2) is 0 Å². The van der Waals surface area contributed by atoms with E-state index in [9.17, 15) is 0 Å². The second-order valence-electron chi connectivity index (χ2n) is 6.94. The SMILES string of the molecule is CCCC1CCC(CN)(N(C)Cc2ccccc2C)CC1. The van der Waals surface area contributed by atoms with Crippen LogP contribution in [-0.4, -0.2) is 24.0 Å². The molecule has 0 unspecified atom stereocenters. The van der Waals surface area contributed by atoms with E-state index < -0.39 is 0 Å². The molecule has 0 bridgehead atoms. The van der Waals surface area contributed by atoms with Crippen molar-refractivity contribution in [3.8, 4) is 0 Å². The van der Waals surface area contributed by atoms with Crippen LogP contribution in [0.4, 0.5) is 0 Å². The molecule has 2 N–H and O–H groups in total. The Morgan fingerprint density at radius 2 is 1.90 bits per heavy atom. The summed E-state index contributed by atoms with van der Waals surface area (Å²) in [7, 11) is 2.26. The number of hydrogen-bond acceptors (Lipinski definition) is 2. The topological polar surface area (TPSA) is 29.3 Å². The molecular weight excluding hydrogens is 256 g/mol. The van der Waals surface area contributed by atoms with Gasteiger partial charge in [-0.2, -0.15) is 0 Å². The average Bonchev–Trinajstić information content (AvgIpc) is 2.51. The number of nitrogens with two attached hydrogens (primary N) is 1. The third-order valence-corrected chi connectivity index (χ3v) is 5.59. The summed E-state index contributed by atoms with van der Waals surface area (Å²) >= 11 is 0. The number of aryl methyl sites for hydroxylation is 1. The fraction of sp³-hybridized carbons (Fsp3) is 0.684. The number of likely N-dealkylation sites (N-methyl/N-ethyl adjacent to an activating group) is 1. The molecule has 1 aliphatic rings. The van der Waals surface area contributed by atoms with Crippen molar-refractivity contribution in [2.24, 2.45) is 11.7 Å². The summed E-state index contributed by atoms with van der Waals surface area (Å²) in [5, 5.41) is 0. The highest BCUT2D eigenvalue weighted by atomic mass is 15.2. The number of hydrogen-bond donors (Lipinski definition) is 1. The zero-order valence-electron chi connectivity index (χ0n) is 14.1. The highest BCUT2D eigenvalue weighted by molar-refractivity contribution is 5.25. The molecule has 0 atom stereocenters. The Labute approximate surface area is 130 Å². The summed E-state index contributed by atoms with van der Waals surface area (Å²) in [5.41, 5.74) is 9.24. The maximum atomic E-state index is 6.21. The van der Waals surface area contributed by atoms with Gasteiger partial charge >= 0.3 is 0 Å². The predicted octanol–water partition coefficient (Wildman–Crippen LogP) is 4.11. The van der Waals surface area contributed by atoms with E-state index in [1.807, 2.05) is 0 Å². The average molecular weight is 288 g/mol. The van der Waals surface area contributed by atoms with E-state index in [-0.39, 0.29) is 5.54 Å². The van der Waals surface area contributed by atoms with Gasteiger partial charge in [-0.1, -0.05) is 44.0 Å². The van der Waals surface area contributed by atoms with Gasteiger partial charge in [0, 0.05) is 18.6 Å². The van der Waals surface area contributed by atoms with Crippen molar-refractivity contribution in [2.75, 3.05) is 13.6 Å². The fourth-order valence-corrected chi connectivity index (χ4v) is 3.86. The molecule has 1 aromatic carbocycles. The molecule has 1 aromatic rings. The predicted molar refractivity (Wildman–Crippen MR) is 91.3 cm³/mol. The van der Waals surface area contributed by atoms with Crippen molar-refractivity contribution in [3.63, 3.8) is 0 Å². The maximum absolute atomic E-state index is 6.21. The lowest BCUT2D eigenvalue weighted by atomic mass is 9.74. The van der Waals surface area contributed by atoms with Gasteiger partial charge in [-0.15, -0.1) is 0 Å². The zero-order valence-corrected chi connectivity index (χ0v) is 14.1. The minimum absolute atomic E-state index is 0.215. The van der Waals surface area contributed by atoms with Crippen molar-refractivity contribution >= 4 is 0 Å². The Balaban J connectivity index is 2.02. The standard InChI is InChI=1S/C19H32N2/c1-4-7-17-10-12-19(15-20,13-11-17)21(3)14-18-9-6-5-8-16(18)2/h5-6,8-9,17H,4,7,10-15,20H2,1-3H3. The van der Waals surface area contributed by atoms with Gasteiger partial charge in [0.05, 0.1) is 0 Å². The van der Waals surface area contributed by atoms with Crippen LogP contribution in [-0.2, 0) is 6.54 Å². The summed E-state index contributed by atoms with van der Waals surface area (Å²) < 4.78 is 0. The molecule has 0 aromatic heterocycles. The van der Waals surface area contributed by atoms with Crippen LogP contribution in [0.25, 0.3) is 0 Å². The van der Waals surface area contributed by atoms with Crippen molar-refractivity contribution in [1.82, 2.24) is 4.90 Å². The first kappa shape index (κ1) is 16.5. The van der Waals surface area contributed by atoms with E-state index in [2.05, 4.69) is 50.1 Å². The van der Waals surface area contributed by atoms with Crippen molar-refractivity contribution in [3.05, 3.63) is 35.4 Å². The van der Waals surface area contributed by atoms with E-state index in [0.29, 0.717) is 0 Å². The van der Waals surface area contributed by atoms with Crippen LogP contribution in [0.1, 0.15) is 56.6 Å². The van der Waals surface area contributed by atoms with Crippen LogP contribution in [0.15, 0.2) is 24.3 Å². The Morgan fingerprint density at radius 3 is 2.48 bits per heavy atom. The van der Waals surface area contributed by atoms with Gasteiger partial charge in [-0.05, 0) is 56.7 Å². The van der Waals surface area contributed by atoms with Crippen LogP contribution in [0.2, 0.25) is 0 Å². The lowest BCUT2D eigenvalue weighted by Gasteiger charge is -2.46. The van der Waals surface area contributed by atoms with Gasteiger partial charge in [0.1, 0.15) is 0 Å². The maximum Gasteiger partial charge on any atom is 0.0332 e. The zero-order chi connectivity index (χ0) is 15.3. The van der Waals surface area contributed by atoms with E-state index in [0.717, 1.165) is 19.0 Å². The molecule has 0 aliphatic heterocycles. The monoisotopic (exact) mass is 288 g/mol. The normalized spacial score (nSPS) is 26.2. The molecule has 2 heteroatoms. The van der Waals surface area contributed by atoms with E-state index in [4.69, 9.17) is 5.73 Å². The first-order chi connectivity index (χ1) is 10.1. The molecule has 0 saturated heterocycles. The summed E-state index contributed by atoms with van der Waals surface area (Å²) in [4.78, 5) is 2.53. The third-order valence-electron chi connectivity index (χ3n) is 5.59. The number of rotatable bonds is 6. The van der Waals surface area contributed by atoms with Crippen molar-refractivity contribution in [1.29, 1.82) is 0 Å². The smallest absolute Gasteiger partial charge is 0.0332 e. The molecule has 1 aliphatic carbocycles. The Kier molecular flexibility index (Phi) is 5.83. The van der Waals surface area contributed by atoms with Crippen LogP contribution < -0.4 is 5.73 Å². The lowest BCUT2D eigenvalue weighted by molar-refractivity contribution is 0.0568. The van der Waals surface area contributed by atoms with Crippen LogP contribution in [0.5, 0.6) is 0 Å². The molecule has 0 heterocycles. The molecule has 21 heavy (non-hydrogen) atoms. The van der Waals surface area contributed by atoms with Gasteiger partial charge in [0.2, 0.25) is 0 Å². The number of benzene rings is 1.